The lowest BCUT2D eigenvalue weighted by Crippen LogP contribution is -2.52. The van der Waals surface area contributed by atoms with E-state index in [9.17, 15) is 9.50 Å². The standard InChI is InChI=1S/C21H28FN5O/c1-23-21(24-15-16-8-9-18(25(2)3)17(22)14-16)27-12-10-26(11-13-27)19-6-4-5-7-20(19)28/h4-9,14,28H,10-13,15H2,1-3H3,(H,23,24). The van der Waals surface area contributed by atoms with Gasteiger partial charge in [0.2, 0.25) is 0 Å². The highest BCUT2D eigenvalue weighted by Gasteiger charge is 2.21. The van der Waals surface area contributed by atoms with Crippen LogP contribution in [0, 0.1) is 5.82 Å². The van der Waals surface area contributed by atoms with Crippen LogP contribution >= 0.6 is 0 Å². The molecular formula is C21H28FN5O. The number of anilines is 2. The molecular weight excluding hydrogens is 357 g/mol. The first kappa shape index (κ1) is 19.8. The van der Waals surface area contributed by atoms with E-state index in [2.05, 4.69) is 20.1 Å². The molecule has 1 saturated heterocycles. The number of nitrogens with zero attached hydrogens (tertiary/aromatic N) is 4. The van der Waals surface area contributed by atoms with E-state index >= 15 is 0 Å². The molecule has 2 aromatic rings. The average molecular weight is 385 g/mol. The predicted molar refractivity (Wildman–Crippen MR) is 113 cm³/mol. The molecule has 6 nitrogen and oxygen atoms in total. The number of hydrogen-bond acceptors (Lipinski definition) is 4. The van der Waals surface area contributed by atoms with E-state index in [1.165, 1.54) is 0 Å². The van der Waals surface area contributed by atoms with E-state index in [1.807, 2.05) is 38.4 Å². The van der Waals surface area contributed by atoms with Gasteiger partial charge in [0.15, 0.2) is 5.96 Å². The minimum Gasteiger partial charge on any atom is -0.506 e. The minimum atomic E-state index is -0.226. The molecule has 1 aliphatic heterocycles. The molecule has 0 spiro atoms. The smallest absolute Gasteiger partial charge is 0.194 e. The quantitative estimate of drug-likeness (QED) is 0.626. The van der Waals surface area contributed by atoms with Crippen molar-refractivity contribution >= 4 is 17.3 Å². The second-order valence-corrected chi connectivity index (χ2v) is 7.04. The molecule has 0 amide bonds. The molecule has 1 heterocycles. The Bertz CT molecular complexity index is 831. The number of guanidine groups is 1. The maximum absolute atomic E-state index is 14.2. The number of aliphatic imine (C=N–C) groups is 1. The van der Waals surface area contributed by atoms with E-state index in [-0.39, 0.29) is 5.82 Å². The fourth-order valence-corrected chi connectivity index (χ4v) is 3.43. The number of para-hydroxylation sites is 2. The number of nitrogens with one attached hydrogen (secondary N) is 1. The van der Waals surface area contributed by atoms with E-state index in [0.29, 0.717) is 18.0 Å². The van der Waals surface area contributed by atoms with Gasteiger partial charge in [-0.3, -0.25) is 4.99 Å². The fourth-order valence-electron chi connectivity index (χ4n) is 3.43. The van der Waals surface area contributed by atoms with E-state index < -0.39 is 0 Å². The number of phenolic OH excluding ortho intramolecular Hbond substituents is 1. The van der Waals surface area contributed by atoms with Crippen LogP contribution in [0.15, 0.2) is 47.5 Å². The lowest BCUT2D eigenvalue weighted by molar-refractivity contribution is 0.369. The van der Waals surface area contributed by atoms with Crippen molar-refractivity contribution in [2.75, 3.05) is 57.1 Å². The van der Waals surface area contributed by atoms with Crippen molar-refractivity contribution < 1.29 is 9.50 Å². The summed E-state index contributed by atoms with van der Waals surface area (Å²) in [6, 6.07) is 12.7. The molecule has 3 rings (SSSR count). The van der Waals surface area contributed by atoms with Crippen molar-refractivity contribution in [3.05, 3.63) is 53.8 Å². The van der Waals surface area contributed by atoms with Crippen molar-refractivity contribution in [1.29, 1.82) is 0 Å². The van der Waals surface area contributed by atoms with Crippen LogP contribution in [-0.2, 0) is 6.54 Å². The maximum atomic E-state index is 14.2. The maximum Gasteiger partial charge on any atom is 0.194 e. The summed E-state index contributed by atoms with van der Waals surface area (Å²) in [5.74, 6) is 0.881. The molecule has 0 radical (unpaired) electrons. The van der Waals surface area contributed by atoms with Gasteiger partial charge in [-0.1, -0.05) is 18.2 Å². The summed E-state index contributed by atoms with van der Waals surface area (Å²) in [5.41, 5.74) is 2.31. The summed E-state index contributed by atoms with van der Waals surface area (Å²) in [6.07, 6.45) is 0. The molecule has 0 atom stereocenters. The fraction of sp³-hybridized carbons (Fsp3) is 0.381. The zero-order valence-electron chi connectivity index (χ0n) is 16.7. The molecule has 0 aliphatic carbocycles. The van der Waals surface area contributed by atoms with Gasteiger partial charge >= 0.3 is 0 Å². The minimum absolute atomic E-state index is 0.226. The van der Waals surface area contributed by atoms with Gasteiger partial charge in [0, 0.05) is 53.9 Å². The van der Waals surface area contributed by atoms with Crippen LogP contribution in [0.3, 0.4) is 0 Å². The highest BCUT2D eigenvalue weighted by molar-refractivity contribution is 5.80. The molecule has 28 heavy (non-hydrogen) atoms. The molecule has 0 bridgehead atoms. The molecule has 1 aliphatic rings. The number of hydrogen-bond donors (Lipinski definition) is 2. The second-order valence-electron chi connectivity index (χ2n) is 7.04. The van der Waals surface area contributed by atoms with Crippen LogP contribution < -0.4 is 15.1 Å². The van der Waals surface area contributed by atoms with Crippen LogP contribution in [0.4, 0.5) is 15.8 Å². The zero-order valence-corrected chi connectivity index (χ0v) is 16.7. The highest BCUT2D eigenvalue weighted by atomic mass is 19.1. The molecule has 0 aromatic heterocycles. The second kappa shape index (κ2) is 8.82. The Balaban J connectivity index is 1.57. The summed E-state index contributed by atoms with van der Waals surface area (Å²) in [7, 11) is 5.41. The summed E-state index contributed by atoms with van der Waals surface area (Å²) in [4.78, 5) is 10.5. The first-order chi connectivity index (χ1) is 13.5. The number of phenols is 1. The van der Waals surface area contributed by atoms with Gasteiger partial charge in [-0.05, 0) is 29.8 Å². The number of rotatable bonds is 4. The van der Waals surface area contributed by atoms with Crippen LogP contribution in [0.1, 0.15) is 5.56 Å². The summed E-state index contributed by atoms with van der Waals surface area (Å²) < 4.78 is 14.2. The third kappa shape index (κ3) is 4.47. The van der Waals surface area contributed by atoms with Crippen LogP contribution in [0.5, 0.6) is 5.75 Å². The third-order valence-corrected chi connectivity index (χ3v) is 4.96. The molecule has 150 valence electrons. The van der Waals surface area contributed by atoms with Crippen LogP contribution in [0.2, 0.25) is 0 Å². The number of halogens is 1. The van der Waals surface area contributed by atoms with Crippen molar-refractivity contribution in [2.45, 2.75) is 6.54 Å². The zero-order chi connectivity index (χ0) is 20.1. The number of benzene rings is 2. The monoisotopic (exact) mass is 385 g/mol. The highest BCUT2D eigenvalue weighted by Crippen LogP contribution is 2.27. The third-order valence-electron chi connectivity index (χ3n) is 4.96. The largest absolute Gasteiger partial charge is 0.506 e. The molecule has 7 heteroatoms. The summed E-state index contributed by atoms with van der Waals surface area (Å²) in [5, 5.41) is 13.4. The van der Waals surface area contributed by atoms with Crippen molar-refractivity contribution in [1.82, 2.24) is 10.2 Å². The van der Waals surface area contributed by atoms with Gasteiger partial charge in [0.25, 0.3) is 0 Å². The summed E-state index contributed by atoms with van der Waals surface area (Å²) in [6.45, 7) is 3.69. The van der Waals surface area contributed by atoms with Gasteiger partial charge < -0.3 is 25.1 Å². The van der Waals surface area contributed by atoms with Gasteiger partial charge in [0.05, 0.1) is 11.4 Å². The molecule has 0 unspecified atom stereocenters. The molecule has 0 saturated carbocycles. The van der Waals surface area contributed by atoms with Crippen molar-refractivity contribution in [3.63, 3.8) is 0 Å². The lowest BCUT2D eigenvalue weighted by Gasteiger charge is -2.37. The Labute approximate surface area is 165 Å². The predicted octanol–water partition coefficient (Wildman–Crippen LogP) is 2.49. The van der Waals surface area contributed by atoms with Crippen molar-refractivity contribution in [2.24, 2.45) is 4.99 Å². The van der Waals surface area contributed by atoms with Gasteiger partial charge in [0.1, 0.15) is 11.6 Å². The Morgan fingerprint density at radius 2 is 1.86 bits per heavy atom. The number of piperazine rings is 1. The van der Waals surface area contributed by atoms with Gasteiger partial charge in [-0.2, -0.15) is 0 Å². The Hall–Kier alpha value is -2.96. The van der Waals surface area contributed by atoms with E-state index in [1.54, 1.807) is 30.1 Å². The van der Waals surface area contributed by atoms with E-state index in [0.717, 1.165) is 43.4 Å². The lowest BCUT2D eigenvalue weighted by atomic mass is 10.2. The van der Waals surface area contributed by atoms with Crippen LogP contribution in [-0.4, -0.2) is 63.3 Å². The molecule has 2 N–H and O–H groups in total. The topological polar surface area (TPSA) is 54.3 Å². The first-order valence-electron chi connectivity index (χ1n) is 9.44. The van der Waals surface area contributed by atoms with Crippen LogP contribution in [0.25, 0.3) is 0 Å². The Morgan fingerprint density at radius 3 is 2.46 bits per heavy atom. The van der Waals surface area contributed by atoms with Gasteiger partial charge in [-0.25, -0.2) is 4.39 Å². The molecule has 2 aromatic carbocycles. The first-order valence-corrected chi connectivity index (χ1v) is 9.44. The SMILES string of the molecule is CN=C(NCc1ccc(N(C)C)c(F)c1)N1CCN(c2ccccc2O)CC1. The average Bonchev–Trinajstić information content (AvgIpc) is 2.69. The normalized spacial score (nSPS) is 14.9. The molecule has 1 fully saturated rings. The van der Waals surface area contributed by atoms with Crippen molar-refractivity contribution in [3.8, 4) is 5.75 Å². The van der Waals surface area contributed by atoms with E-state index in [4.69, 9.17) is 0 Å². The van der Waals surface area contributed by atoms with Gasteiger partial charge in [-0.15, -0.1) is 0 Å². The Morgan fingerprint density at radius 1 is 1.14 bits per heavy atom. The summed E-state index contributed by atoms with van der Waals surface area (Å²) >= 11 is 0. The number of aromatic hydroxyl groups is 1. The Kier molecular flexibility index (Phi) is 6.23.